The lowest BCUT2D eigenvalue weighted by molar-refractivity contribution is -0.870. The van der Waals surface area contributed by atoms with E-state index in [0.717, 1.165) is 128 Å². The van der Waals surface area contributed by atoms with Gasteiger partial charge in [-0.2, -0.15) is 0 Å². The Labute approximate surface area is 455 Å². The van der Waals surface area contributed by atoms with Crippen LogP contribution < -0.4 is 5.32 Å². The van der Waals surface area contributed by atoms with Gasteiger partial charge in [-0.25, -0.2) is 4.57 Å². The molecule has 74 heavy (non-hydrogen) atoms. The molecule has 0 saturated heterocycles. The van der Waals surface area contributed by atoms with Gasteiger partial charge in [-0.05, 0) is 96.0 Å². The molecule has 424 valence electrons. The van der Waals surface area contributed by atoms with E-state index in [1.165, 1.54) is 70.6 Å². The van der Waals surface area contributed by atoms with Crippen LogP contribution in [-0.4, -0.2) is 74.3 Å². The normalized spacial score (nSPS) is 14.5. The standard InChI is InChI=1S/C64H111N2O7P/c1-7-10-13-16-19-22-25-28-30-31-32-33-34-35-37-38-41-44-47-50-53-56-63(67)65-61(60-72-74(69,70)71-59-58-66(4,5)6)62(55-52-49-46-43-40-27-24-21-18-15-12-9-3)73-64(68)57-54-51-48-45-42-39-36-29-26-23-20-17-14-11-8-2/h10-11,13-14,17,19-20,22-23,26,28,30,32-33,35,37,52,55,61-62H,7-9,12,15-16,18,21,24-25,27,29,31,34,36,38-51,53-54,56-60H2,1-6H3,(H-,65,67,69,70)/p+1/b13-10-,14-11+,20-17+,22-19-,26-23+,30-28-,33-32-,37-35-,55-52-. The second kappa shape index (κ2) is 53.1. The summed E-state index contributed by atoms with van der Waals surface area (Å²) in [7, 11) is 1.46. The second-order valence-corrected chi connectivity index (χ2v) is 22.3. The maximum absolute atomic E-state index is 13.5. The summed E-state index contributed by atoms with van der Waals surface area (Å²) < 4.78 is 30.6. The molecule has 10 heteroatoms. The highest BCUT2D eigenvalue weighted by atomic mass is 31.2. The van der Waals surface area contributed by atoms with Crippen molar-refractivity contribution in [2.45, 2.75) is 245 Å². The van der Waals surface area contributed by atoms with Gasteiger partial charge in [0.2, 0.25) is 5.91 Å². The fraction of sp³-hybridized carbons (Fsp3) is 0.688. The van der Waals surface area contributed by atoms with Crippen LogP contribution in [0.4, 0.5) is 0 Å². The van der Waals surface area contributed by atoms with Crippen molar-refractivity contribution in [3.63, 3.8) is 0 Å². The first-order valence-electron chi connectivity index (χ1n) is 29.7. The van der Waals surface area contributed by atoms with Gasteiger partial charge in [0, 0.05) is 12.8 Å². The summed E-state index contributed by atoms with van der Waals surface area (Å²) in [6.45, 7) is 6.73. The van der Waals surface area contributed by atoms with Gasteiger partial charge in [-0.3, -0.25) is 18.6 Å². The smallest absolute Gasteiger partial charge is 0.456 e. The molecule has 0 aliphatic heterocycles. The van der Waals surface area contributed by atoms with Crippen LogP contribution in [0.15, 0.2) is 109 Å². The summed E-state index contributed by atoms with van der Waals surface area (Å²) >= 11 is 0. The lowest BCUT2D eigenvalue weighted by Crippen LogP contribution is -2.47. The fourth-order valence-corrected chi connectivity index (χ4v) is 8.70. The molecule has 0 aliphatic carbocycles. The number of phosphoric acid groups is 1. The number of phosphoric ester groups is 1. The van der Waals surface area contributed by atoms with Gasteiger partial charge < -0.3 is 19.4 Å². The van der Waals surface area contributed by atoms with Crippen LogP contribution in [0.25, 0.3) is 0 Å². The van der Waals surface area contributed by atoms with Crippen LogP contribution >= 0.6 is 7.82 Å². The van der Waals surface area contributed by atoms with Crippen molar-refractivity contribution in [1.82, 2.24) is 5.32 Å². The quantitative estimate of drug-likeness (QED) is 0.0156. The first-order valence-corrected chi connectivity index (χ1v) is 31.2. The molecule has 0 saturated carbocycles. The Morgan fingerprint density at radius 2 is 0.932 bits per heavy atom. The second-order valence-electron chi connectivity index (χ2n) is 20.8. The molecular formula is C64H112N2O7P+. The highest BCUT2D eigenvalue weighted by molar-refractivity contribution is 7.47. The third-order valence-corrected chi connectivity index (χ3v) is 13.5. The van der Waals surface area contributed by atoms with E-state index in [9.17, 15) is 19.0 Å². The van der Waals surface area contributed by atoms with Crippen LogP contribution in [0.2, 0.25) is 0 Å². The van der Waals surface area contributed by atoms with Crippen LogP contribution in [0.3, 0.4) is 0 Å². The lowest BCUT2D eigenvalue weighted by atomic mass is 10.0. The van der Waals surface area contributed by atoms with Crippen LogP contribution in [0, 0.1) is 0 Å². The monoisotopic (exact) mass is 1050 g/mol. The minimum atomic E-state index is -4.46. The number of quaternary nitrogens is 1. The summed E-state index contributed by atoms with van der Waals surface area (Å²) in [6.07, 6.45) is 72.2. The Balaban J connectivity index is 5.34. The van der Waals surface area contributed by atoms with Crippen LogP contribution in [-0.2, 0) is 27.9 Å². The molecule has 0 spiro atoms. The van der Waals surface area contributed by atoms with Crippen LogP contribution in [0.5, 0.6) is 0 Å². The number of carbonyl (C=O) groups is 2. The molecule has 0 aromatic heterocycles. The topological polar surface area (TPSA) is 111 Å². The molecule has 3 unspecified atom stereocenters. The zero-order chi connectivity index (χ0) is 54.3. The number of likely N-dealkylation sites (N-methyl/N-ethyl adjacent to an activating group) is 1. The zero-order valence-electron chi connectivity index (χ0n) is 48.3. The molecule has 0 aromatic carbocycles. The van der Waals surface area contributed by atoms with E-state index in [1.807, 2.05) is 33.3 Å². The predicted octanol–water partition coefficient (Wildman–Crippen LogP) is 18.2. The number of nitrogens with zero attached hydrogens (tertiary/aromatic N) is 1. The number of unbranched alkanes of at least 4 members (excludes halogenated alkanes) is 22. The number of carbonyl (C=O) groups excluding carboxylic acids is 2. The van der Waals surface area contributed by atoms with Gasteiger partial charge in [0.25, 0.3) is 0 Å². The van der Waals surface area contributed by atoms with E-state index in [0.29, 0.717) is 17.4 Å². The van der Waals surface area contributed by atoms with Crippen molar-refractivity contribution in [2.75, 3.05) is 40.9 Å². The minimum Gasteiger partial charge on any atom is -0.456 e. The van der Waals surface area contributed by atoms with E-state index in [4.69, 9.17) is 13.8 Å². The maximum Gasteiger partial charge on any atom is 0.472 e. The number of hydrogen-bond donors (Lipinski definition) is 2. The third kappa shape index (κ3) is 53.5. The molecule has 3 atom stereocenters. The van der Waals surface area contributed by atoms with Gasteiger partial charge >= 0.3 is 13.8 Å². The Morgan fingerprint density at radius 1 is 0.500 bits per heavy atom. The first kappa shape index (κ1) is 70.7. The highest BCUT2D eigenvalue weighted by Gasteiger charge is 2.30. The highest BCUT2D eigenvalue weighted by Crippen LogP contribution is 2.43. The molecular weight excluding hydrogens is 940 g/mol. The first-order chi connectivity index (χ1) is 35.9. The van der Waals surface area contributed by atoms with Crippen molar-refractivity contribution in [3.05, 3.63) is 109 Å². The average Bonchev–Trinajstić information content (AvgIpc) is 3.36. The molecule has 0 radical (unpaired) electrons. The van der Waals surface area contributed by atoms with E-state index in [2.05, 4.69) is 123 Å². The Hall–Kier alpha value is -3.33. The van der Waals surface area contributed by atoms with Gasteiger partial charge in [0.05, 0.1) is 33.8 Å². The number of allylic oxidation sites excluding steroid dienone is 17. The summed E-state index contributed by atoms with van der Waals surface area (Å²) in [6, 6.07) is -0.870. The van der Waals surface area contributed by atoms with Crippen molar-refractivity contribution in [3.8, 4) is 0 Å². The summed E-state index contributed by atoms with van der Waals surface area (Å²) in [5.74, 6) is -0.548. The maximum atomic E-state index is 13.5. The number of esters is 1. The number of hydrogen-bond acceptors (Lipinski definition) is 6. The number of ether oxygens (including phenoxy) is 1. The molecule has 1 amide bonds. The van der Waals surface area contributed by atoms with E-state index in [-0.39, 0.29) is 31.5 Å². The molecule has 9 nitrogen and oxygen atoms in total. The third-order valence-electron chi connectivity index (χ3n) is 12.5. The summed E-state index contributed by atoms with van der Waals surface area (Å²) in [5, 5.41) is 3.04. The van der Waals surface area contributed by atoms with Gasteiger partial charge in [-0.1, -0.05) is 233 Å². The summed E-state index contributed by atoms with van der Waals surface area (Å²) in [5.41, 5.74) is 0. The molecule has 0 bridgehead atoms. The zero-order valence-corrected chi connectivity index (χ0v) is 49.2. The SMILES string of the molecule is CC/C=C\C/C=C\C/C=C\C/C=C\C/C=C\CCCCCCCC(=O)NC(COP(=O)(O)OCC[N+](C)(C)C)C(/C=C\CCCCCCCCCCCC)OC(=O)CCCCCCCCC/C=C/C=C/C=C/CC. The molecule has 0 fully saturated rings. The predicted molar refractivity (Wildman–Crippen MR) is 318 cm³/mol. The molecule has 0 rings (SSSR count). The molecule has 0 aromatic rings. The molecule has 2 N–H and O–H groups in total. The number of rotatable bonds is 52. The van der Waals surface area contributed by atoms with Gasteiger partial charge in [0.15, 0.2) is 0 Å². The van der Waals surface area contributed by atoms with E-state index >= 15 is 0 Å². The Bertz CT molecular complexity index is 1640. The number of nitrogens with one attached hydrogen (secondary N) is 1. The largest absolute Gasteiger partial charge is 0.472 e. The Kier molecular flexibility index (Phi) is 50.7. The Morgan fingerprint density at radius 3 is 1.45 bits per heavy atom. The summed E-state index contributed by atoms with van der Waals surface area (Å²) in [4.78, 5) is 37.7. The van der Waals surface area contributed by atoms with Crippen LogP contribution in [0.1, 0.15) is 233 Å². The van der Waals surface area contributed by atoms with E-state index < -0.39 is 20.0 Å². The van der Waals surface area contributed by atoms with Crippen molar-refractivity contribution in [2.24, 2.45) is 0 Å². The van der Waals surface area contributed by atoms with Crippen molar-refractivity contribution >= 4 is 19.7 Å². The van der Waals surface area contributed by atoms with Gasteiger partial charge in [-0.15, -0.1) is 0 Å². The lowest BCUT2D eigenvalue weighted by Gasteiger charge is -2.27. The van der Waals surface area contributed by atoms with E-state index in [1.54, 1.807) is 0 Å². The molecule has 0 heterocycles. The minimum absolute atomic E-state index is 0.0282. The van der Waals surface area contributed by atoms with Crippen molar-refractivity contribution < 1.29 is 37.3 Å². The van der Waals surface area contributed by atoms with Crippen molar-refractivity contribution in [1.29, 1.82) is 0 Å². The number of amides is 1. The fourth-order valence-electron chi connectivity index (χ4n) is 7.97. The van der Waals surface area contributed by atoms with Gasteiger partial charge in [0.1, 0.15) is 19.3 Å². The molecule has 0 aliphatic rings. The average molecular weight is 1050 g/mol.